The Morgan fingerprint density at radius 3 is 2.71 bits per heavy atom. The number of phenolic OH excluding ortho intramolecular Hbond substituents is 1. The summed E-state index contributed by atoms with van der Waals surface area (Å²) in [4.78, 5) is 29.1. The fourth-order valence-corrected chi connectivity index (χ4v) is 3.39. The summed E-state index contributed by atoms with van der Waals surface area (Å²) < 4.78 is 10.6. The van der Waals surface area contributed by atoms with Crippen LogP contribution in [0.2, 0.25) is 0 Å². The number of esters is 1. The molecule has 0 unspecified atom stereocenters. The van der Waals surface area contributed by atoms with E-state index >= 15 is 0 Å². The SMILES string of the molecule is Cc1nc2ccccc2c(C)c1C(=O)OCc1cc(=O)oc2cc(O)ccc12. The van der Waals surface area contributed by atoms with Gasteiger partial charge in [0.25, 0.3) is 0 Å². The molecule has 140 valence electrons. The van der Waals surface area contributed by atoms with Crippen LogP contribution in [-0.4, -0.2) is 16.1 Å². The first-order chi connectivity index (χ1) is 13.4. The van der Waals surface area contributed by atoms with Crippen LogP contribution in [0.5, 0.6) is 5.75 Å². The number of fused-ring (bicyclic) bond motifs is 2. The lowest BCUT2D eigenvalue weighted by Gasteiger charge is -2.12. The van der Waals surface area contributed by atoms with Crippen LogP contribution in [0.3, 0.4) is 0 Å². The molecule has 0 radical (unpaired) electrons. The van der Waals surface area contributed by atoms with Crippen molar-refractivity contribution in [1.29, 1.82) is 0 Å². The van der Waals surface area contributed by atoms with E-state index in [0.717, 1.165) is 16.5 Å². The Bertz CT molecular complexity index is 1290. The number of hydrogen-bond acceptors (Lipinski definition) is 6. The van der Waals surface area contributed by atoms with Crippen molar-refractivity contribution in [3.63, 3.8) is 0 Å². The molecule has 28 heavy (non-hydrogen) atoms. The number of ether oxygens (including phenoxy) is 1. The zero-order valence-electron chi connectivity index (χ0n) is 15.4. The molecule has 0 aliphatic rings. The van der Waals surface area contributed by atoms with E-state index in [1.54, 1.807) is 13.0 Å². The topological polar surface area (TPSA) is 89.6 Å². The molecule has 0 bridgehead atoms. The summed E-state index contributed by atoms with van der Waals surface area (Å²) in [6.07, 6.45) is 0. The summed E-state index contributed by atoms with van der Waals surface area (Å²) in [6, 6.07) is 13.3. The molecule has 0 saturated carbocycles. The summed E-state index contributed by atoms with van der Waals surface area (Å²) in [6.45, 7) is 3.53. The highest BCUT2D eigenvalue weighted by atomic mass is 16.5. The Morgan fingerprint density at radius 2 is 1.89 bits per heavy atom. The van der Waals surface area contributed by atoms with E-state index in [2.05, 4.69) is 4.98 Å². The minimum absolute atomic E-state index is 0.0155. The maximum Gasteiger partial charge on any atom is 0.340 e. The molecule has 2 aromatic carbocycles. The van der Waals surface area contributed by atoms with Crippen molar-refractivity contribution >= 4 is 27.8 Å². The Balaban J connectivity index is 1.68. The second-order valence-electron chi connectivity index (χ2n) is 6.56. The van der Waals surface area contributed by atoms with Crippen molar-refractivity contribution in [3.8, 4) is 5.75 Å². The lowest BCUT2D eigenvalue weighted by Crippen LogP contribution is -2.12. The predicted octanol–water partition coefficient (Wildman–Crippen LogP) is 4.02. The second kappa shape index (κ2) is 6.81. The van der Waals surface area contributed by atoms with E-state index in [4.69, 9.17) is 9.15 Å². The van der Waals surface area contributed by atoms with Crippen LogP contribution in [0, 0.1) is 13.8 Å². The van der Waals surface area contributed by atoms with E-state index in [0.29, 0.717) is 22.2 Å². The van der Waals surface area contributed by atoms with Gasteiger partial charge in [0.05, 0.1) is 16.8 Å². The summed E-state index contributed by atoms with van der Waals surface area (Å²) in [7, 11) is 0. The van der Waals surface area contributed by atoms with E-state index in [-0.39, 0.29) is 17.9 Å². The molecule has 0 aliphatic carbocycles. The van der Waals surface area contributed by atoms with E-state index in [1.165, 1.54) is 18.2 Å². The molecular formula is C22H17NO5. The number of aryl methyl sites for hydroxylation is 2. The number of phenols is 1. The maximum absolute atomic E-state index is 12.8. The molecule has 0 fully saturated rings. The van der Waals surface area contributed by atoms with Gasteiger partial charge in [-0.15, -0.1) is 0 Å². The standard InChI is InChI=1S/C22H17NO5/c1-12-16-5-3-4-6-18(16)23-13(2)21(12)22(26)27-11-14-9-20(25)28-19-10-15(24)7-8-17(14)19/h3-10,24H,11H2,1-2H3. The molecule has 2 heterocycles. The average Bonchev–Trinajstić information content (AvgIpc) is 2.65. The monoisotopic (exact) mass is 375 g/mol. The molecule has 0 spiro atoms. The molecule has 6 heteroatoms. The molecule has 2 aromatic heterocycles. The molecule has 6 nitrogen and oxygen atoms in total. The maximum atomic E-state index is 12.8. The zero-order valence-corrected chi connectivity index (χ0v) is 15.4. The molecule has 4 rings (SSSR count). The van der Waals surface area contributed by atoms with Crippen LogP contribution < -0.4 is 5.63 Å². The van der Waals surface area contributed by atoms with Crippen LogP contribution in [-0.2, 0) is 11.3 Å². The molecule has 0 aliphatic heterocycles. The first kappa shape index (κ1) is 17.7. The van der Waals surface area contributed by atoms with Gasteiger partial charge in [-0.2, -0.15) is 0 Å². The largest absolute Gasteiger partial charge is 0.508 e. The van der Waals surface area contributed by atoms with E-state index in [1.807, 2.05) is 31.2 Å². The Hall–Kier alpha value is -3.67. The van der Waals surface area contributed by atoms with Gasteiger partial charge in [-0.1, -0.05) is 18.2 Å². The van der Waals surface area contributed by atoms with Crippen LogP contribution in [0.15, 0.2) is 57.7 Å². The number of hydrogen-bond donors (Lipinski definition) is 1. The minimum atomic E-state index is -0.580. The lowest BCUT2D eigenvalue weighted by molar-refractivity contribution is 0.0471. The molecule has 0 saturated heterocycles. The third-order valence-corrected chi connectivity index (χ3v) is 4.71. The fraction of sp³-hybridized carbons (Fsp3) is 0.136. The number of aromatic hydroxyl groups is 1. The fourth-order valence-electron chi connectivity index (χ4n) is 3.39. The average molecular weight is 375 g/mol. The van der Waals surface area contributed by atoms with Gasteiger partial charge >= 0.3 is 11.6 Å². The molecule has 0 atom stereocenters. The van der Waals surface area contributed by atoms with Crippen molar-refractivity contribution < 1.29 is 19.1 Å². The molecule has 0 amide bonds. The number of aromatic nitrogens is 1. The van der Waals surface area contributed by atoms with Gasteiger partial charge in [-0.05, 0) is 37.6 Å². The highest BCUT2D eigenvalue weighted by molar-refractivity contribution is 5.98. The summed E-state index contributed by atoms with van der Waals surface area (Å²) >= 11 is 0. The van der Waals surface area contributed by atoms with Crippen molar-refractivity contribution in [1.82, 2.24) is 4.98 Å². The molecule has 4 aromatic rings. The minimum Gasteiger partial charge on any atom is -0.508 e. The van der Waals surface area contributed by atoms with Crippen molar-refractivity contribution in [3.05, 3.63) is 81.3 Å². The second-order valence-corrected chi connectivity index (χ2v) is 6.56. The number of benzene rings is 2. The first-order valence-electron chi connectivity index (χ1n) is 8.73. The Morgan fingerprint density at radius 1 is 1.11 bits per heavy atom. The third-order valence-electron chi connectivity index (χ3n) is 4.71. The van der Waals surface area contributed by atoms with Crippen LogP contribution in [0.4, 0.5) is 0 Å². The first-order valence-corrected chi connectivity index (χ1v) is 8.73. The third kappa shape index (κ3) is 3.09. The Labute approximate surface area is 160 Å². The van der Waals surface area contributed by atoms with Crippen LogP contribution in [0.1, 0.15) is 27.2 Å². The highest BCUT2D eigenvalue weighted by Gasteiger charge is 2.18. The van der Waals surface area contributed by atoms with Crippen molar-refractivity contribution in [2.45, 2.75) is 20.5 Å². The number of para-hydroxylation sites is 1. The van der Waals surface area contributed by atoms with E-state index in [9.17, 15) is 14.7 Å². The van der Waals surface area contributed by atoms with Gasteiger partial charge in [-0.25, -0.2) is 9.59 Å². The summed E-state index contributed by atoms with van der Waals surface area (Å²) in [5.41, 5.74) is 2.79. The van der Waals surface area contributed by atoms with Crippen molar-refractivity contribution in [2.75, 3.05) is 0 Å². The van der Waals surface area contributed by atoms with Crippen molar-refractivity contribution in [2.24, 2.45) is 0 Å². The van der Waals surface area contributed by atoms with Gasteiger partial charge in [0.1, 0.15) is 17.9 Å². The quantitative estimate of drug-likeness (QED) is 0.430. The number of nitrogens with zero attached hydrogens (tertiary/aromatic N) is 1. The summed E-state index contributed by atoms with van der Waals surface area (Å²) in [5.74, 6) is -0.522. The van der Waals surface area contributed by atoms with Crippen LogP contribution >= 0.6 is 0 Å². The molecule has 1 N–H and O–H groups in total. The van der Waals surface area contributed by atoms with Gasteiger partial charge in [0.15, 0.2) is 0 Å². The summed E-state index contributed by atoms with van der Waals surface area (Å²) in [5, 5.41) is 11.1. The van der Waals surface area contributed by atoms with Gasteiger partial charge in [-0.3, -0.25) is 4.98 Å². The number of carbonyl (C=O) groups is 1. The number of pyridine rings is 1. The number of rotatable bonds is 3. The van der Waals surface area contributed by atoms with Gasteiger partial charge in [0.2, 0.25) is 0 Å². The normalized spacial score (nSPS) is 11.1. The zero-order chi connectivity index (χ0) is 19.8. The molecular weight excluding hydrogens is 358 g/mol. The van der Waals surface area contributed by atoms with E-state index < -0.39 is 11.6 Å². The number of carbonyl (C=O) groups excluding carboxylic acids is 1. The lowest BCUT2D eigenvalue weighted by atomic mass is 10.0. The Kier molecular flexibility index (Phi) is 4.31. The highest BCUT2D eigenvalue weighted by Crippen LogP contribution is 2.25. The van der Waals surface area contributed by atoms with Crippen LogP contribution in [0.25, 0.3) is 21.9 Å². The van der Waals surface area contributed by atoms with Gasteiger partial charge < -0.3 is 14.3 Å². The van der Waals surface area contributed by atoms with Gasteiger partial charge in [0, 0.05) is 28.5 Å². The smallest absolute Gasteiger partial charge is 0.340 e. The predicted molar refractivity (Wildman–Crippen MR) is 104 cm³/mol.